The number of hydrogen-bond acceptors (Lipinski definition) is 3. The smallest absolute Gasteiger partial charge is 0.220 e. The second-order valence-electron chi connectivity index (χ2n) is 8.02. The van der Waals surface area contributed by atoms with Crippen LogP contribution >= 0.6 is 0 Å². The lowest BCUT2D eigenvalue weighted by atomic mass is 10.0. The first-order valence-electron chi connectivity index (χ1n) is 9.79. The highest BCUT2D eigenvalue weighted by molar-refractivity contribution is 5.76. The number of nitrogens with one attached hydrogen (secondary N) is 1. The molecule has 1 amide bonds. The zero-order chi connectivity index (χ0) is 16.4. The maximum Gasteiger partial charge on any atom is 0.220 e. The zero-order valence-corrected chi connectivity index (χ0v) is 14.6. The van der Waals surface area contributed by atoms with Gasteiger partial charge in [0.2, 0.25) is 5.91 Å². The Kier molecular flexibility index (Phi) is 4.88. The molecule has 0 radical (unpaired) electrons. The number of amides is 1. The van der Waals surface area contributed by atoms with E-state index in [1.54, 1.807) is 0 Å². The van der Waals surface area contributed by atoms with Crippen LogP contribution in [0.4, 0.5) is 0 Å². The molecule has 1 aliphatic heterocycles. The quantitative estimate of drug-likeness (QED) is 0.872. The highest BCUT2D eigenvalue weighted by Crippen LogP contribution is 2.32. The number of carbonyl (C=O) groups excluding carboxylic acids is 1. The third-order valence-corrected chi connectivity index (χ3v) is 5.98. The molecule has 1 N–H and O–H groups in total. The molecule has 2 heterocycles. The summed E-state index contributed by atoms with van der Waals surface area (Å²) in [4.78, 5) is 14.6. The third kappa shape index (κ3) is 4.00. The summed E-state index contributed by atoms with van der Waals surface area (Å²) < 4.78 is 2.19. The van der Waals surface area contributed by atoms with Crippen molar-refractivity contribution in [2.75, 3.05) is 13.1 Å². The number of fused-ring (bicyclic) bond motifs is 1. The Labute approximate surface area is 144 Å². The Hall–Kier alpha value is -1.36. The first-order valence-corrected chi connectivity index (χ1v) is 9.79. The molecule has 2 saturated carbocycles. The standard InChI is InChI=1S/C19H30N4O/c24-19(11-15-5-6-15)20-9-7-16-12-22(17-3-1-2-4-17)14-18-8-10-21-23(18)13-16/h8,10,15-17H,1-7,9,11-14H2,(H,20,24)/t16-/m0/s1. The Morgan fingerprint density at radius 1 is 1.17 bits per heavy atom. The van der Waals surface area contributed by atoms with Crippen LogP contribution in [0.2, 0.25) is 0 Å². The number of nitrogens with zero attached hydrogens (tertiary/aromatic N) is 3. The van der Waals surface area contributed by atoms with Gasteiger partial charge in [-0.2, -0.15) is 5.10 Å². The fraction of sp³-hybridized carbons (Fsp3) is 0.789. The van der Waals surface area contributed by atoms with Crippen LogP contribution in [0.1, 0.15) is 57.1 Å². The fourth-order valence-corrected chi connectivity index (χ4v) is 4.37. The largest absolute Gasteiger partial charge is 0.356 e. The van der Waals surface area contributed by atoms with E-state index >= 15 is 0 Å². The first-order chi connectivity index (χ1) is 11.8. The molecule has 1 aromatic rings. The van der Waals surface area contributed by atoms with E-state index < -0.39 is 0 Å². The molecule has 5 nitrogen and oxygen atoms in total. The molecule has 1 atom stereocenters. The van der Waals surface area contributed by atoms with Crippen molar-refractivity contribution in [1.29, 1.82) is 0 Å². The van der Waals surface area contributed by atoms with Crippen LogP contribution in [0, 0.1) is 11.8 Å². The van der Waals surface area contributed by atoms with Crippen molar-refractivity contribution >= 4 is 5.91 Å². The maximum absolute atomic E-state index is 11.9. The average molecular weight is 330 g/mol. The number of rotatable bonds is 6. The Balaban J connectivity index is 1.33. The van der Waals surface area contributed by atoms with Crippen molar-refractivity contribution in [3.63, 3.8) is 0 Å². The second kappa shape index (κ2) is 7.26. The molecule has 3 aliphatic rings. The van der Waals surface area contributed by atoms with E-state index in [1.165, 1.54) is 44.2 Å². The van der Waals surface area contributed by atoms with Crippen molar-refractivity contribution in [2.24, 2.45) is 11.8 Å². The molecule has 0 unspecified atom stereocenters. The number of carbonyl (C=O) groups is 1. The monoisotopic (exact) mass is 330 g/mol. The van der Waals surface area contributed by atoms with Gasteiger partial charge in [-0.1, -0.05) is 12.8 Å². The first kappa shape index (κ1) is 16.1. The van der Waals surface area contributed by atoms with E-state index in [4.69, 9.17) is 0 Å². The molecular weight excluding hydrogens is 300 g/mol. The summed E-state index contributed by atoms with van der Waals surface area (Å²) in [5.74, 6) is 1.50. The Morgan fingerprint density at radius 2 is 2.00 bits per heavy atom. The fourth-order valence-electron chi connectivity index (χ4n) is 4.37. The highest BCUT2D eigenvalue weighted by Gasteiger charge is 2.29. The summed E-state index contributed by atoms with van der Waals surface area (Å²) >= 11 is 0. The lowest BCUT2D eigenvalue weighted by molar-refractivity contribution is -0.121. The predicted molar refractivity (Wildman–Crippen MR) is 93.4 cm³/mol. The van der Waals surface area contributed by atoms with Crippen molar-refractivity contribution in [1.82, 2.24) is 20.0 Å². The molecule has 2 aliphatic carbocycles. The van der Waals surface area contributed by atoms with Crippen LogP contribution in [-0.2, 0) is 17.9 Å². The molecule has 0 aromatic carbocycles. The van der Waals surface area contributed by atoms with Crippen molar-refractivity contribution in [2.45, 2.75) is 70.5 Å². The van der Waals surface area contributed by atoms with Gasteiger partial charge in [-0.25, -0.2) is 0 Å². The highest BCUT2D eigenvalue weighted by atomic mass is 16.1. The van der Waals surface area contributed by atoms with E-state index in [2.05, 4.69) is 26.1 Å². The molecule has 0 saturated heterocycles. The van der Waals surface area contributed by atoms with Gasteiger partial charge >= 0.3 is 0 Å². The van der Waals surface area contributed by atoms with E-state index in [9.17, 15) is 4.79 Å². The number of hydrogen-bond donors (Lipinski definition) is 1. The minimum Gasteiger partial charge on any atom is -0.356 e. The molecule has 0 bridgehead atoms. The molecular formula is C19H30N4O. The Morgan fingerprint density at radius 3 is 2.79 bits per heavy atom. The van der Waals surface area contributed by atoms with Crippen molar-refractivity contribution < 1.29 is 4.79 Å². The molecule has 4 rings (SSSR count). The molecule has 132 valence electrons. The molecule has 0 spiro atoms. The van der Waals surface area contributed by atoms with Gasteiger partial charge in [-0.15, -0.1) is 0 Å². The molecule has 5 heteroatoms. The normalized spacial score (nSPS) is 25.4. The maximum atomic E-state index is 11.9. The van der Waals surface area contributed by atoms with Crippen LogP contribution in [0.25, 0.3) is 0 Å². The van der Waals surface area contributed by atoms with Crippen molar-refractivity contribution in [3.05, 3.63) is 18.0 Å². The van der Waals surface area contributed by atoms with Gasteiger partial charge in [-0.05, 0) is 50.0 Å². The summed E-state index contributed by atoms with van der Waals surface area (Å²) in [7, 11) is 0. The summed E-state index contributed by atoms with van der Waals surface area (Å²) in [6, 6.07) is 2.92. The van der Waals surface area contributed by atoms with Crippen molar-refractivity contribution in [3.8, 4) is 0 Å². The summed E-state index contributed by atoms with van der Waals surface area (Å²) in [5.41, 5.74) is 1.35. The molecule has 24 heavy (non-hydrogen) atoms. The average Bonchev–Trinajstić information content (AvgIpc) is 3.08. The second-order valence-corrected chi connectivity index (χ2v) is 8.02. The van der Waals surface area contributed by atoms with E-state index in [-0.39, 0.29) is 5.91 Å². The lowest BCUT2D eigenvalue weighted by Crippen LogP contribution is -2.37. The zero-order valence-electron chi connectivity index (χ0n) is 14.6. The van der Waals surface area contributed by atoms with Crippen LogP contribution in [-0.4, -0.2) is 39.7 Å². The van der Waals surface area contributed by atoms with E-state index in [0.29, 0.717) is 11.8 Å². The van der Waals surface area contributed by atoms with Crippen LogP contribution in [0.5, 0.6) is 0 Å². The minimum atomic E-state index is 0.249. The van der Waals surface area contributed by atoms with Crippen LogP contribution < -0.4 is 5.32 Å². The van der Waals surface area contributed by atoms with Crippen LogP contribution in [0.3, 0.4) is 0 Å². The van der Waals surface area contributed by atoms with Gasteiger partial charge in [-0.3, -0.25) is 14.4 Å². The Bertz CT molecular complexity index is 559. The lowest BCUT2D eigenvalue weighted by Gasteiger charge is -2.29. The SMILES string of the molecule is O=C(CC1CC1)NCC[C@H]1CN(C2CCCC2)Cc2ccnn2C1. The molecule has 1 aromatic heterocycles. The van der Waals surface area contributed by atoms with Gasteiger partial charge in [0.25, 0.3) is 0 Å². The number of aromatic nitrogens is 2. The topological polar surface area (TPSA) is 50.2 Å². The summed E-state index contributed by atoms with van der Waals surface area (Å²) in [6.45, 7) is 3.98. The third-order valence-electron chi connectivity index (χ3n) is 5.98. The van der Waals surface area contributed by atoms with E-state index in [1.807, 2.05) is 6.20 Å². The predicted octanol–water partition coefficient (Wildman–Crippen LogP) is 2.56. The van der Waals surface area contributed by atoms with Gasteiger partial charge in [0.15, 0.2) is 0 Å². The molecule has 2 fully saturated rings. The summed E-state index contributed by atoms with van der Waals surface area (Å²) in [6.07, 6.45) is 11.7. The van der Waals surface area contributed by atoms with Gasteiger partial charge in [0.05, 0.1) is 5.69 Å². The summed E-state index contributed by atoms with van der Waals surface area (Å²) in [5, 5.41) is 7.66. The van der Waals surface area contributed by atoms with Crippen LogP contribution in [0.15, 0.2) is 12.3 Å². The van der Waals surface area contributed by atoms with Gasteiger partial charge in [0.1, 0.15) is 0 Å². The van der Waals surface area contributed by atoms with Gasteiger partial charge < -0.3 is 5.32 Å². The van der Waals surface area contributed by atoms with E-state index in [0.717, 1.165) is 45.1 Å². The minimum absolute atomic E-state index is 0.249. The van der Waals surface area contributed by atoms with Gasteiger partial charge in [0, 0.05) is 44.8 Å².